The minimum absolute atomic E-state index is 0.00839. The van der Waals surface area contributed by atoms with Crippen LogP contribution in [-0.4, -0.2) is 60.6 Å². The van der Waals surface area contributed by atoms with E-state index in [1.54, 1.807) is 0 Å². The van der Waals surface area contributed by atoms with Gasteiger partial charge in [0.05, 0.1) is 37.1 Å². The van der Waals surface area contributed by atoms with Crippen LogP contribution in [0.25, 0.3) is 0 Å². The fourth-order valence-electron chi connectivity index (χ4n) is 9.21. The van der Waals surface area contributed by atoms with Crippen molar-refractivity contribution in [2.45, 2.75) is 42.9 Å². The van der Waals surface area contributed by atoms with Crippen LogP contribution < -0.4 is 4.90 Å². The molecule has 0 radical (unpaired) electrons. The molecule has 0 aromatic heterocycles. The molecule has 5 heterocycles. The number of piperidine rings is 2. The smallest absolute Gasteiger partial charge is 0.229 e. The summed E-state index contributed by atoms with van der Waals surface area (Å²) < 4.78 is 7.18. The number of fused-ring (bicyclic) bond motifs is 2. The first kappa shape index (κ1) is 20.7. The van der Waals surface area contributed by atoms with Gasteiger partial charge in [-0.15, -0.1) is 0 Å². The van der Waals surface area contributed by atoms with Crippen LogP contribution in [0.1, 0.15) is 35.2 Å². The second kappa shape index (κ2) is 6.84. The Morgan fingerprint density at radius 3 is 2.86 bits per heavy atom. The topological polar surface area (TPSA) is 46.6 Å². The molecule has 1 saturated carbocycles. The van der Waals surface area contributed by atoms with Crippen molar-refractivity contribution in [2.75, 3.05) is 31.1 Å². The molecule has 4 fully saturated rings. The second-order valence-electron chi connectivity index (χ2n) is 11.5. The maximum atomic E-state index is 13.7. The standard InChI is InChI=1S/C29H28ClN2O3/c30-19-7-5-17(6-8-19)23(33)16-32-11-10-29-21-3-1-2-4-22(21)31-26(34)14-24-27(28(29)31)20(13-25(29)32)18(15-32)9-12-35-24/h1-9,20,24-25,27-28H,10-16H2/q+1/t20-,24-,25+,27-,28-,29+,32-/m0/s1. The second-order valence-corrected chi connectivity index (χ2v) is 11.9. The number of halogens is 1. The third-order valence-corrected chi connectivity index (χ3v) is 10.6. The molecule has 1 spiro atoms. The molecule has 1 aliphatic carbocycles. The number of nitrogens with zero attached hydrogens (tertiary/aromatic N) is 2. The number of amides is 1. The number of rotatable bonds is 3. The van der Waals surface area contributed by atoms with Crippen LogP contribution in [0.5, 0.6) is 0 Å². The van der Waals surface area contributed by atoms with Gasteiger partial charge >= 0.3 is 0 Å². The third kappa shape index (κ3) is 2.47. The Kier molecular flexibility index (Phi) is 4.05. The summed E-state index contributed by atoms with van der Waals surface area (Å²) in [4.78, 5) is 29.4. The molecule has 2 aromatic carbocycles. The number of ketones is 1. The highest BCUT2D eigenvalue weighted by atomic mass is 35.5. The molecule has 0 N–H and O–H groups in total. The number of carbonyl (C=O) groups excluding carboxylic acids is 2. The van der Waals surface area contributed by atoms with E-state index < -0.39 is 0 Å². The number of hydrogen-bond donors (Lipinski definition) is 0. The molecule has 0 unspecified atom stereocenters. The molecule has 5 aliphatic heterocycles. The van der Waals surface area contributed by atoms with Crippen molar-refractivity contribution in [3.8, 4) is 0 Å². The zero-order valence-electron chi connectivity index (χ0n) is 19.5. The SMILES string of the molecule is O=C(C[N@+]12CC[C@@]34c5ccccc5N5C(=O)C[C@@H]6OCC=C(C1)[C@H](C[C@H]32)[C@@H]6[C@H]54)c1ccc(Cl)cc1. The lowest BCUT2D eigenvalue weighted by atomic mass is 9.53. The molecule has 2 bridgehead atoms. The lowest BCUT2D eigenvalue weighted by molar-refractivity contribution is -0.935. The highest BCUT2D eigenvalue weighted by molar-refractivity contribution is 6.30. The molecular weight excluding hydrogens is 460 g/mol. The zero-order chi connectivity index (χ0) is 23.5. The summed E-state index contributed by atoms with van der Waals surface area (Å²) in [5.74, 6) is 1.15. The van der Waals surface area contributed by atoms with Crippen LogP contribution in [0, 0.1) is 11.8 Å². The van der Waals surface area contributed by atoms with Gasteiger partial charge in [-0.1, -0.05) is 35.9 Å². The van der Waals surface area contributed by atoms with Crippen molar-refractivity contribution in [1.82, 2.24) is 0 Å². The van der Waals surface area contributed by atoms with Crippen LogP contribution in [0.2, 0.25) is 5.02 Å². The number of carbonyl (C=O) groups is 2. The average Bonchev–Trinajstić information content (AvgIpc) is 3.29. The number of ether oxygens (including phenoxy) is 1. The van der Waals surface area contributed by atoms with Crippen LogP contribution in [-0.2, 0) is 14.9 Å². The fourth-order valence-corrected chi connectivity index (χ4v) is 9.34. The van der Waals surface area contributed by atoms with Crippen LogP contribution in [0.15, 0.2) is 60.2 Å². The number of anilines is 1. The van der Waals surface area contributed by atoms with Gasteiger partial charge in [0.2, 0.25) is 11.7 Å². The van der Waals surface area contributed by atoms with Gasteiger partial charge in [0.25, 0.3) is 0 Å². The van der Waals surface area contributed by atoms with Gasteiger partial charge in [-0.25, -0.2) is 0 Å². The maximum absolute atomic E-state index is 13.7. The summed E-state index contributed by atoms with van der Waals surface area (Å²) in [7, 11) is 0. The molecule has 35 heavy (non-hydrogen) atoms. The highest BCUT2D eigenvalue weighted by Crippen LogP contribution is 2.67. The fraction of sp³-hybridized carbons (Fsp3) is 0.448. The van der Waals surface area contributed by atoms with Crippen molar-refractivity contribution in [3.63, 3.8) is 0 Å². The number of Topliss-reactive ketones (excluding diaryl/α,β-unsaturated/α-hetero) is 1. The minimum Gasteiger partial charge on any atom is -0.373 e. The van der Waals surface area contributed by atoms with Gasteiger partial charge in [0.15, 0.2) is 0 Å². The zero-order valence-corrected chi connectivity index (χ0v) is 20.3. The summed E-state index contributed by atoms with van der Waals surface area (Å²) in [6.07, 6.45) is 4.85. The predicted octanol–water partition coefficient (Wildman–Crippen LogP) is 4.14. The molecule has 1 amide bonds. The molecule has 5 nitrogen and oxygen atoms in total. The van der Waals surface area contributed by atoms with Crippen molar-refractivity contribution in [3.05, 3.63) is 76.3 Å². The van der Waals surface area contributed by atoms with Crippen LogP contribution in [0.3, 0.4) is 0 Å². The summed E-state index contributed by atoms with van der Waals surface area (Å²) in [6.45, 7) is 2.96. The van der Waals surface area contributed by atoms with E-state index in [2.05, 4.69) is 35.2 Å². The summed E-state index contributed by atoms with van der Waals surface area (Å²) >= 11 is 6.10. The minimum atomic E-state index is -0.106. The van der Waals surface area contributed by atoms with E-state index in [1.807, 2.05) is 24.3 Å². The number of para-hydroxylation sites is 1. The summed E-state index contributed by atoms with van der Waals surface area (Å²) in [6, 6.07) is 16.4. The van der Waals surface area contributed by atoms with Gasteiger partial charge in [0.1, 0.15) is 19.1 Å². The Balaban J connectivity index is 1.31. The van der Waals surface area contributed by atoms with Crippen molar-refractivity contribution in [1.29, 1.82) is 0 Å². The van der Waals surface area contributed by atoms with Crippen molar-refractivity contribution < 1.29 is 18.8 Å². The van der Waals surface area contributed by atoms with E-state index >= 15 is 0 Å². The molecule has 8 rings (SSSR count). The summed E-state index contributed by atoms with van der Waals surface area (Å²) in [5, 5.41) is 0.649. The molecule has 6 heteroatoms. The highest BCUT2D eigenvalue weighted by Gasteiger charge is 2.76. The maximum Gasteiger partial charge on any atom is 0.229 e. The predicted molar refractivity (Wildman–Crippen MR) is 132 cm³/mol. The van der Waals surface area contributed by atoms with E-state index in [9.17, 15) is 9.59 Å². The van der Waals surface area contributed by atoms with Crippen LogP contribution >= 0.6 is 11.6 Å². The monoisotopic (exact) mass is 487 g/mol. The average molecular weight is 488 g/mol. The Hall–Kier alpha value is -2.47. The van der Waals surface area contributed by atoms with Gasteiger partial charge in [-0.05, 0) is 47.4 Å². The van der Waals surface area contributed by atoms with E-state index in [0.29, 0.717) is 42.5 Å². The summed E-state index contributed by atoms with van der Waals surface area (Å²) in [5.41, 5.74) is 4.52. The Morgan fingerprint density at radius 2 is 2.00 bits per heavy atom. The molecule has 2 aromatic rings. The van der Waals surface area contributed by atoms with Crippen molar-refractivity contribution in [2.24, 2.45) is 11.8 Å². The van der Waals surface area contributed by atoms with E-state index in [4.69, 9.17) is 16.3 Å². The molecule has 178 valence electrons. The van der Waals surface area contributed by atoms with E-state index in [1.165, 1.54) is 11.1 Å². The third-order valence-electron chi connectivity index (χ3n) is 10.3. The molecule has 3 saturated heterocycles. The van der Waals surface area contributed by atoms with Gasteiger partial charge in [-0.2, -0.15) is 0 Å². The Bertz CT molecular complexity index is 1320. The van der Waals surface area contributed by atoms with E-state index in [-0.39, 0.29) is 29.3 Å². The number of quaternary nitrogens is 1. The van der Waals surface area contributed by atoms with E-state index in [0.717, 1.165) is 41.7 Å². The molecular formula is C29H28ClN2O3+. The van der Waals surface area contributed by atoms with Gasteiger partial charge in [-0.3, -0.25) is 9.59 Å². The van der Waals surface area contributed by atoms with Crippen LogP contribution in [0.4, 0.5) is 5.69 Å². The number of hydrogen-bond acceptors (Lipinski definition) is 3. The first-order chi connectivity index (χ1) is 17.0. The van der Waals surface area contributed by atoms with Gasteiger partial charge < -0.3 is 14.1 Å². The quantitative estimate of drug-likeness (QED) is 0.371. The number of benzene rings is 2. The van der Waals surface area contributed by atoms with Crippen molar-refractivity contribution >= 4 is 29.0 Å². The van der Waals surface area contributed by atoms with Gasteiger partial charge in [0, 0.05) is 35.0 Å². The lowest BCUT2D eigenvalue weighted by Gasteiger charge is -2.60. The Morgan fingerprint density at radius 1 is 1.17 bits per heavy atom. The molecule has 7 atom stereocenters. The first-order valence-electron chi connectivity index (χ1n) is 12.9. The first-order valence-corrected chi connectivity index (χ1v) is 13.3. The largest absolute Gasteiger partial charge is 0.373 e. The lowest BCUT2D eigenvalue weighted by Crippen LogP contribution is -2.73. The normalized spacial score (nSPS) is 39.7. The Labute approximate surface area is 209 Å². The molecule has 6 aliphatic rings.